The normalized spacial score (nSPS) is 10.6. The molecule has 0 bridgehead atoms. The van der Waals surface area contributed by atoms with Crippen molar-refractivity contribution in [1.29, 1.82) is 0 Å². The number of aromatic nitrogens is 2. The zero-order chi connectivity index (χ0) is 12.3. The Kier molecular flexibility index (Phi) is 3.86. The number of hydrogen-bond donors (Lipinski definition) is 1. The van der Waals surface area contributed by atoms with Crippen LogP contribution < -0.4 is 0 Å². The number of carboxylic acid groups (broad SMARTS) is 1. The van der Waals surface area contributed by atoms with Crippen LogP contribution in [0.25, 0.3) is 10.6 Å². The first kappa shape index (κ1) is 12.2. The highest BCUT2D eigenvalue weighted by atomic mass is 32.2. The second-order valence-electron chi connectivity index (χ2n) is 3.54. The number of carbonyl (C=O) groups is 1. The van der Waals surface area contributed by atoms with E-state index in [2.05, 4.69) is 5.10 Å². The van der Waals surface area contributed by atoms with Gasteiger partial charge in [-0.15, -0.1) is 23.1 Å². The Balaban J connectivity index is 2.14. The Morgan fingerprint density at radius 2 is 2.47 bits per heavy atom. The van der Waals surface area contributed by atoms with Crippen molar-refractivity contribution in [3.63, 3.8) is 0 Å². The molecule has 0 aliphatic heterocycles. The molecule has 2 rings (SSSR count). The lowest BCUT2D eigenvalue weighted by Gasteiger charge is -1.98. The minimum atomic E-state index is -0.781. The van der Waals surface area contributed by atoms with Crippen LogP contribution in [0.4, 0.5) is 0 Å². The van der Waals surface area contributed by atoms with Crippen LogP contribution in [-0.2, 0) is 17.6 Å². The molecule has 0 unspecified atom stereocenters. The summed E-state index contributed by atoms with van der Waals surface area (Å²) in [6.45, 7) is 0. The number of hydrogen-bond acceptors (Lipinski definition) is 4. The molecule has 90 valence electrons. The van der Waals surface area contributed by atoms with Crippen LogP contribution in [-0.4, -0.2) is 26.6 Å². The second-order valence-corrected chi connectivity index (χ2v) is 5.47. The maximum Gasteiger partial charge on any atom is 0.313 e. The maximum atomic E-state index is 10.5. The van der Waals surface area contributed by atoms with Gasteiger partial charge in [0.25, 0.3) is 0 Å². The summed E-state index contributed by atoms with van der Waals surface area (Å²) in [6.07, 6.45) is 1.95. The van der Waals surface area contributed by atoms with E-state index in [-0.39, 0.29) is 5.75 Å². The molecule has 2 aromatic rings. The van der Waals surface area contributed by atoms with E-state index in [1.807, 2.05) is 30.8 Å². The van der Waals surface area contributed by atoms with E-state index >= 15 is 0 Å². The number of aryl methyl sites for hydroxylation is 1. The number of rotatable bonds is 5. The molecule has 0 saturated carbocycles. The largest absolute Gasteiger partial charge is 0.481 e. The maximum absolute atomic E-state index is 10.5. The molecule has 0 spiro atoms. The van der Waals surface area contributed by atoms with Crippen molar-refractivity contribution in [1.82, 2.24) is 9.78 Å². The fourth-order valence-electron chi connectivity index (χ4n) is 1.51. The molecule has 0 atom stereocenters. The van der Waals surface area contributed by atoms with Gasteiger partial charge >= 0.3 is 5.97 Å². The highest BCUT2D eigenvalue weighted by molar-refractivity contribution is 7.99. The quantitative estimate of drug-likeness (QED) is 0.905. The van der Waals surface area contributed by atoms with Gasteiger partial charge < -0.3 is 5.11 Å². The summed E-state index contributed by atoms with van der Waals surface area (Å²) in [6, 6.07) is 4.02. The molecule has 0 aromatic carbocycles. The summed E-state index contributed by atoms with van der Waals surface area (Å²) in [7, 11) is 1.88. The van der Waals surface area contributed by atoms with Crippen LogP contribution in [0.1, 0.15) is 5.56 Å². The number of aliphatic carboxylic acids is 1. The molecular weight excluding hydrogens is 256 g/mol. The third-order valence-corrected chi connectivity index (χ3v) is 3.99. The minimum Gasteiger partial charge on any atom is -0.481 e. The first-order valence-electron chi connectivity index (χ1n) is 5.03. The lowest BCUT2D eigenvalue weighted by Crippen LogP contribution is -1.98. The Morgan fingerprint density at radius 1 is 1.65 bits per heavy atom. The van der Waals surface area contributed by atoms with E-state index in [4.69, 9.17) is 5.11 Å². The first-order chi connectivity index (χ1) is 8.16. The Morgan fingerprint density at radius 3 is 3.12 bits per heavy atom. The van der Waals surface area contributed by atoms with Gasteiger partial charge in [0.05, 0.1) is 10.6 Å². The second kappa shape index (κ2) is 5.37. The van der Waals surface area contributed by atoms with E-state index in [1.54, 1.807) is 16.0 Å². The summed E-state index contributed by atoms with van der Waals surface area (Å²) in [4.78, 5) is 11.6. The van der Waals surface area contributed by atoms with Gasteiger partial charge in [-0.3, -0.25) is 9.48 Å². The van der Waals surface area contributed by atoms with Gasteiger partial charge in [0.1, 0.15) is 5.69 Å². The predicted octanol–water partition coefficient (Wildman–Crippen LogP) is 2.47. The van der Waals surface area contributed by atoms with Crippen LogP contribution in [0.15, 0.2) is 23.7 Å². The van der Waals surface area contributed by atoms with Crippen molar-refractivity contribution in [2.24, 2.45) is 7.05 Å². The molecule has 4 nitrogen and oxygen atoms in total. The van der Waals surface area contributed by atoms with Gasteiger partial charge in [-0.2, -0.15) is 5.10 Å². The van der Waals surface area contributed by atoms with Gasteiger partial charge in [-0.05, 0) is 11.4 Å². The SMILES string of the molecule is Cn1cc(CSCC(=O)O)c(-c2cccs2)n1. The summed E-state index contributed by atoms with van der Waals surface area (Å²) < 4.78 is 1.77. The van der Waals surface area contributed by atoms with Crippen molar-refractivity contribution >= 4 is 29.1 Å². The number of thiophene rings is 1. The zero-order valence-electron chi connectivity index (χ0n) is 9.29. The third kappa shape index (κ3) is 3.10. The standard InChI is InChI=1S/C11H12N2O2S2/c1-13-5-8(6-16-7-10(14)15)11(12-13)9-3-2-4-17-9/h2-5H,6-7H2,1H3,(H,14,15). The average molecular weight is 268 g/mol. The topological polar surface area (TPSA) is 55.1 Å². The van der Waals surface area contributed by atoms with Crippen LogP contribution in [0.3, 0.4) is 0 Å². The molecule has 0 fully saturated rings. The monoisotopic (exact) mass is 268 g/mol. The molecule has 17 heavy (non-hydrogen) atoms. The number of thioether (sulfide) groups is 1. The lowest BCUT2D eigenvalue weighted by atomic mass is 10.2. The van der Waals surface area contributed by atoms with Crippen molar-refractivity contribution in [2.45, 2.75) is 5.75 Å². The molecule has 2 heterocycles. The van der Waals surface area contributed by atoms with Crippen LogP contribution >= 0.6 is 23.1 Å². The van der Waals surface area contributed by atoms with Crippen LogP contribution in [0, 0.1) is 0 Å². The highest BCUT2D eigenvalue weighted by Crippen LogP contribution is 2.28. The van der Waals surface area contributed by atoms with Gasteiger partial charge in [-0.25, -0.2) is 0 Å². The number of carboxylic acids is 1. The van der Waals surface area contributed by atoms with Gasteiger partial charge in [0.2, 0.25) is 0 Å². The van der Waals surface area contributed by atoms with E-state index < -0.39 is 5.97 Å². The van der Waals surface area contributed by atoms with Crippen molar-refractivity contribution < 1.29 is 9.90 Å². The van der Waals surface area contributed by atoms with E-state index in [9.17, 15) is 4.79 Å². The van der Waals surface area contributed by atoms with Crippen LogP contribution in [0.2, 0.25) is 0 Å². The summed E-state index contributed by atoms with van der Waals surface area (Å²) in [5, 5.41) is 15.0. The summed E-state index contributed by atoms with van der Waals surface area (Å²) >= 11 is 3.03. The Labute approximate surface area is 107 Å². The van der Waals surface area contributed by atoms with Crippen molar-refractivity contribution in [3.8, 4) is 10.6 Å². The van der Waals surface area contributed by atoms with Gasteiger partial charge in [0, 0.05) is 24.6 Å². The van der Waals surface area contributed by atoms with Crippen LogP contribution in [0.5, 0.6) is 0 Å². The van der Waals surface area contributed by atoms with Gasteiger partial charge in [0.15, 0.2) is 0 Å². The molecule has 2 aromatic heterocycles. The molecule has 0 amide bonds. The number of nitrogens with zero attached hydrogens (tertiary/aromatic N) is 2. The molecule has 0 radical (unpaired) electrons. The predicted molar refractivity (Wildman–Crippen MR) is 70.3 cm³/mol. The fraction of sp³-hybridized carbons (Fsp3) is 0.273. The molecule has 0 aliphatic rings. The molecule has 0 saturated heterocycles. The fourth-order valence-corrected chi connectivity index (χ4v) is 2.96. The average Bonchev–Trinajstić information content (AvgIpc) is 2.86. The molecular formula is C11H12N2O2S2. The van der Waals surface area contributed by atoms with E-state index in [1.165, 1.54) is 11.8 Å². The Hall–Kier alpha value is -1.27. The van der Waals surface area contributed by atoms with Gasteiger partial charge in [-0.1, -0.05) is 6.07 Å². The zero-order valence-corrected chi connectivity index (χ0v) is 10.9. The van der Waals surface area contributed by atoms with Crippen molar-refractivity contribution in [2.75, 3.05) is 5.75 Å². The van der Waals surface area contributed by atoms with E-state index in [0.29, 0.717) is 5.75 Å². The molecule has 6 heteroatoms. The smallest absolute Gasteiger partial charge is 0.313 e. The lowest BCUT2D eigenvalue weighted by molar-refractivity contribution is -0.133. The third-order valence-electron chi connectivity index (χ3n) is 2.14. The first-order valence-corrected chi connectivity index (χ1v) is 7.06. The highest BCUT2D eigenvalue weighted by Gasteiger charge is 2.11. The Bertz CT molecular complexity index is 506. The summed E-state index contributed by atoms with van der Waals surface area (Å²) in [5.41, 5.74) is 2.04. The summed E-state index contributed by atoms with van der Waals surface area (Å²) in [5.74, 6) is 0.0168. The molecule has 0 aliphatic carbocycles. The molecule has 1 N–H and O–H groups in total. The van der Waals surface area contributed by atoms with E-state index in [0.717, 1.165) is 16.1 Å². The van der Waals surface area contributed by atoms with Crippen molar-refractivity contribution in [3.05, 3.63) is 29.3 Å². The minimum absolute atomic E-state index is 0.124.